The van der Waals surface area contributed by atoms with E-state index >= 15 is 0 Å². The van der Waals surface area contributed by atoms with Gasteiger partial charge in [-0.05, 0) is 49.3 Å². The summed E-state index contributed by atoms with van der Waals surface area (Å²) in [6, 6.07) is 6.83. The number of anilines is 1. The lowest BCUT2D eigenvalue weighted by Crippen LogP contribution is -2.21. The molecular weight excluding hydrogens is 442 g/mol. The molecule has 1 aliphatic rings. The quantitative estimate of drug-likeness (QED) is 0.557. The van der Waals surface area contributed by atoms with Crippen LogP contribution in [0.5, 0.6) is 5.75 Å². The minimum atomic E-state index is -3.48. The number of hydrogen-bond acceptors (Lipinski definition) is 6. The average molecular weight is 476 g/mol. The Morgan fingerprint density at radius 1 is 1.12 bits per heavy atom. The predicted molar refractivity (Wildman–Crippen MR) is 129 cm³/mol. The summed E-state index contributed by atoms with van der Waals surface area (Å²) in [5.41, 5.74) is 0.590. The second-order valence-electron chi connectivity index (χ2n) is 9.16. The van der Waals surface area contributed by atoms with Crippen molar-refractivity contribution in [1.29, 1.82) is 0 Å². The average Bonchev–Trinajstić information content (AvgIpc) is 2.70. The van der Waals surface area contributed by atoms with Crippen LogP contribution in [0.3, 0.4) is 0 Å². The third kappa shape index (κ3) is 6.05. The summed E-state index contributed by atoms with van der Waals surface area (Å²) in [6.45, 7) is 5.79. The standard InChI is InChI=1S/C25H33NO6S/c1-4-13-33(30,31)26-18-10-8-9-17(15-18)19(14-16(2)3)22-24(28)23-20(27)11-6-5-7-12-21(23)32-25(22)29/h8-10,15-16,19,26,28H,4-7,11-14H2,1-3H3. The van der Waals surface area contributed by atoms with Crippen LogP contribution in [-0.2, 0) is 16.4 Å². The van der Waals surface area contributed by atoms with Crippen LogP contribution in [0.1, 0.15) is 92.5 Å². The molecule has 0 saturated heterocycles. The minimum absolute atomic E-state index is 0.00393. The van der Waals surface area contributed by atoms with E-state index in [9.17, 15) is 23.1 Å². The van der Waals surface area contributed by atoms with E-state index in [-0.39, 0.29) is 40.1 Å². The van der Waals surface area contributed by atoms with E-state index in [2.05, 4.69) is 4.72 Å². The zero-order valence-electron chi connectivity index (χ0n) is 19.5. The van der Waals surface area contributed by atoms with Crippen LogP contribution in [0, 0.1) is 5.92 Å². The van der Waals surface area contributed by atoms with E-state index < -0.39 is 21.6 Å². The number of hydrogen-bond donors (Lipinski definition) is 2. The molecule has 7 nitrogen and oxygen atoms in total. The number of ketones is 1. The van der Waals surface area contributed by atoms with E-state index in [0.717, 1.165) is 19.3 Å². The van der Waals surface area contributed by atoms with Crippen molar-refractivity contribution in [3.63, 3.8) is 0 Å². The van der Waals surface area contributed by atoms with Crippen LogP contribution in [0.2, 0.25) is 0 Å². The molecule has 0 bridgehead atoms. The van der Waals surface area contributed by atoms with Gasteiger partial charge in [-0.3, -0.25) is 9.52 Å². The fourth-order valence-electron chi connectivity index (χ4n) is 4.44. The van der Waals surface area contributed by atoms with Crippen molar-refractivity contribution in [3.05, 3.63) is 57.1 Å². The molecule has 1 aliphatic carbocycles. The van der Waals surface area contributed by atoms with Gasteiger partial charge in [0.1, 0.15) is 11.5 Å². The maximum Gasteiger partial charge on any atom is 0.343 e. The van der Waals surface area contributed by atoms with Gasteiger partial charge in [0.2, 0.25) is 10.0 Å². The van der Waals surface area contributed by atoms with Crippen molar-refractivity contribution in [2.24, 2.45) is 5.92 Å². The molecule has 33 heavy (non-hydrogen) atoms. The lowest BCUT2D eigenvalue weighted by atomic mass is 9.83. The van der Waals surface area contributed by atoms with Gasteiger partial charge in [-0.15, -0.1) is 0 Å². The Kier molecular flexibility index (Phi) is 8.00. The van der Waals surface area contributed by atoms with Gasteiger partial charge in [0, 0.05) is 24.4 Å². The van der Waals surface area contributed by atoms with Crippen molar-refractivity contribution in [2.75, 3.05) is 10.5 Å². The second-order valence-corrected chi connectivity index (χ2v) is 11.0. The summed E-state index contributed by atoms with van der Waals surface area (Å²) >= 11 is 0. The first-order valence-corrected chi connectivity index (χ1v) is 13.3. The summed E-state index contributed by atoms with van der Waals surface area (Å²) in [4.78, 5) is 25.9. The third-order valence-electron chi connectivity index (χ3n) is 5.88. The lowest BCUT2D eigenvalue weighted by Gasteiger charge is -2.23. The van der Waals surface area contributed by atoms with Gasteiger partial charge < -0.3 is 9.52 Å². The summed E-state index contributed by atoms with van der Waals surface area (Å²) < 4.78 is 32.7. The Balaban J connectivity index is 2.12. The molecule has 1 unspecified atom stereocenters. The van der Waals surface area contributed by atoms with Crippen LogP contribution >= 0.6 is 0 Å². The number of Topliss-reactive ketones (excluding diaryl/α,β-unsaturated/α-hetero) is 1. The number of nitrogens with one attached hydrogen (secondary N) is 1. The Hall–Kier alpha value is -2.61. The maximum atomic E-state index is 13.1. The molecule has 0 fully saturated rings. The number of aryl methyl sites for hydroxylation is 1. The molecule has 2 N–H and O–H groups in total. The van der Waals surface area contributed by atoms with Gasteiger partial charge in [0.05, 0.1) is 16.9 Å². The minimum Gasteiger partial charge on any atom is -0.506 e. The molecule has 0 radical (unpaired) electrons. The van der Waals surface area contributed by atoms with Gasteiger partial charge in [-0.25, -0.2) is 13.2 Å². The molecule has 0 amide bonds. The molecule has 1 heterocycles. The molecule has 0 aliphatic heterocycles. The van der Waals surface area contributed by atoms with Gasteiger partial charge in [0.25, 0.3) is 0 Å². The monoisotopic (exact) mass is 475 g/mol. The van der Waals surface area contributed by atoms with E-state index in [1.165, 1.54) is 0 Å². The lowest BCUT2D eigenvalue weighted by molar-refractivity contribution is 0.0968. The fourth-order valence-corrected chi connectivity index (χ4v) is 5.56. The highest BCUT2D eigenvalue weighted by atomic mass is 32.2. The Bertz CT molecular complexity index is 1170. The van der Waals surface area contributed by atoms with Crippen LogP contribution in [0.4, 0.5) is 5.69 Å². The van der Waals surface area contributed by atoms with Crippen molar-refractivity contribution in [2.45, 2.75) is 71.6 Å². The summed E-state index contributed by atoms with van der Waals surface area (Å²) in [5, 5.41) is 11.2. The highest BCUT2D eigenvalue weighted by Gasteiger charge is 2.31. The van der Waals surface area contributed by atoms with E-state index in [1.807, 2.05) is 13.8 Å². The van der Waals surface area contributed by atoms with Crippen LogP contribution in [-0.4, -0.2) is 25.1 Å². The van der Waals surface area contributed by atoms with E-state index in [0.29, 0.717) is 36.9 Å². The first-order chi connectivity index (χ1) is 15.6. The van der Waals surface area contributed by atoms with E-state index in [1.54, 1.807) is 31.2 Å². The highest BCUT2D eigenvalue weighted by Crippen LogP contribution is 2.39. The Morgan fingerprint density at radius 2 is 1.85 bits per heavy atom. The predicted octanol–water partition coefficient (Wildman–Crippen LogP) is 4.97. The number of carbonyl (C=O) groups is 1. The first kappa shape index (κ1) is 25.0. The normalized spacial score (nSPS) is 15.6. The zero-order valence-corrected chi connectivity index (χ0v) is 20.3. The summed E-state index contributed by atoms with van der Waals surface area (Å²) in [5.74, 6) is -0.640. The maximum absolute atomic E-state index is 13.1. The molecule has 0 saturated carbocycles. The van der Waals surface area contributed by atoms with Crippen molar-refractivity contribution < 1.29 is 22.7 Å². The van der Waals surface area contributed by atoms with Gasteiger partial charge in [-0.2, -0.15) is 0 Å². The van der Waals surface area contributed by atoms with Crippen molar-refractivity contribution >= 4 is 21.5 Å². The molecule has 1 atom stereocenters. The van der Waals surface area contributed by atoms with E-state index in [4.69, 9.17) is 4.42 Å². The third-order valence-corrected chi connectivity index (χ3v) is 7.38. The van der Waals surface area contributed by atoms with Gasteiger partial charge in [-0.1, -0.05) is 39.3 Å². The smallest absolute Gasteiger partial charge is 0.343 e. The summed E-state index contributed by atoms with van der Waals surface area (Å²) in [6.07, 6.45) is 4.14. The molecule has 180 valence electrons. The molecule has 3 rings (SSSR count). The highest BCUT2D eigenvalue weighted by molar-refractivity contribution is 7.92. The topological polar surface area (TPSA) is 114 Å². The molecule has 2 aromatic rings. The molecule has 1 aromatic carbocycles. The number of rotatable bonds is 8. The Labute approximate surface area is 195 Å². The van der Waals surface area contributed by atoms with Crippen LogP contribution in [0.25, 0.3) is 0 Å². The van der Waals surface area contributed by atoms with Crippen molar-refractivity contribution in [3.8, 4) is 5.75 Å². The largest absolute Gasteiger partial charge is 0.506 e. The fraction of sp³-hybridized carbons (Fsp3) is 0.520. The van der Waals surface area contributed by atoms with Gasteiger partial charge in [0.15, 0.2) is 5.78 Å². The number of aromatic hydroxyl groups is 1. The number of fused-ring (bicyclic) bond motifs is 1. The van der Waals surface area contributed by atoms with Gasteiger partial charge >= 0.3 is 5.63 Å². The number of benzene rings is 1. The summed E-state index contributed by atoms with van der Waals surface area (Å²) in [7, 11) is -3.48. The Morgan fingerprint density at radius 3 is 2.55 bits per heavy atom. The molecule has 0 spiro atoms. The molecule has 1 aromatic heterocycles. The van der Waals surface area contributed by atoms with Crippen LogP contribution < -0.4 is 10.3 Å². The number of sulfonamides is 1. The zero-order chi connectivity index (χ0) is 24.2. The van der Waals surface area contributed by atoms with Crippen molar-refractivity contribution in [1.82, 2.24) is 0 Å². The second kappa shape index (κ2) is 10.5. The SMILES string of the molecule is CCCS(=O)(=O)Nc1cccc(C(CC(C)C)c2c(O)c3c(oc2=O)CCCCCC3=O)c1. The number of carbonyl (C=O) groups excluding carboxylic acids is 1. The first-order valence-electron chi connectivity index (χ1n) is 11.7. The van der Waals surface area contributed by atoms with Crippen LogP contribution in [0.15, 0.2) is 33.5 Å². The molecule has 8 heteroatoms. The molecular formula is C25H33NO6S.